The van der Waals surface area contributed by atoms with E-state index in [9.17, 15) is 0 Å². The fourth-order valence-corrected chi connectivity index (χ4v) is 2.71. The molecule has 2 atom stereocenters. The summed E-state index contributed by atoms with van der Waals surface area (Å²) >= 11 is 0. The second kappa shape index (κ2) is 5.68. The summed E-state index contributed by atoms with van der Waals surface area (Å²) in [6, 6.07) is 9.20. The number of nitrogens with zero attached hydrogens (tertiary/aromatic N) is 4. The SMILES string of the molecule is CCC(C)Nc1nncc(N2c3ccccc3CC2C)n1. The van der Waals surface area contributed by atoms with Crippen LogP contribution in [0.2, 0.25) is 0 Å². The third kappa shape index (κ3) is 2.68. The predicted molar refractivity (Wildman–Crippen MR) is 84.9 cm³/mol. The summed E-state index contributed by atoms with van der Waals surface area (Å²) in [7, 11) is 0. The molecule has 0 amide bonds. The molecule has 110 valence electrons. The van der Waals surface area contributed by atoms with Crippen molar-refractivity contribution in [2.45, 2.75) is 45.7 Å². The van der Waals surface area contributed by atoms with Crippen LogP contribution in [-0.4, -0.2) is 27.3 Å². The number of aromatic nitrogens is 3. The lowest BCUT2D eigenvalue weighted by molar-refractivity contribution is 0.729. The summed E-state index contributed by atoms with van der Waals surface area (Å²) in [6.07, 6.45) is 3.80. The largest absolute Gasteiger partial charge is 0.350 e. The molecule has 5 heteroatoms. The van der Waals surface area contributed by atoms with Gasteiger partial charge in [-0.15, -0.1) is 5.10 Å². The fraction of sp³-hybridized carbons (Fsp3) is 0.438. The van der Waals surface area contributed by atoms with Gasteiger partial charge in [-0.05, 0) is 38.3 Å². The van der Waals surface area contributed by atoms with E-state index in [-0.39, 0.29) is 0 Å². The van der Waals surface area contributed by atoms with E-state index < -0.39 is 0 Å². The standard InChI is InChI=1S/C16H21N5/c1-4-11(2)18-16-19-15(10-17-20-16)21-12(3)9-13-7-5-6-8-14(13)21/h5-8,10-12H,4,9H2,1-3H3,(H,18,19,20). The van der Waals surface area contributed by atoms with Crippen LogP contribution in [0, 0.1) is 0 Å². The smallest absolute Gasteiger partial charge is 0.244 e. The molecule has 5 nitrogen and oxygen atoms in total. The lowest BCUT2D eigenvalue weighted by atomic mass is 10.1. The molecule has 0 saturated heterocycles. The zero-order chi connectivity index (χ0) is 14.8. The Balaban J connectivity index is 1.92. The van der Waals surface area contributed by atoms with Crippen LogP contribution >= 0.6 is 0 Å². The maximum Gasteiger partial charge on any atom is 0.244 e. The van der Waals surface area contributed by atoms with Crippen LogP contribution in [0.4, 0.5) is 17.5 Å². The van der Waals surface area contributed by atoms with Crippen molar-refractivity contribution in [3.63, 3.8) is 0 Å². The average molecular weight is 283 g/mol. The molecule has 1 aliphatic heterocycles. The Bertz CT molecular complexity index is 628. The lowest BCUT2D eigenvalue weighted by Crippen LogP contribution is -2.26. The number of rotatable bonds is 4. The summed E-state index contributed by atoms with van der Waals surface area (Å²) in [4.78, 5) is 6.88. The van der Waals surface area contributed by atoms with Crippen molar-refractivity contribution >= 4 is 17.5 Å². The normalized spacial score (nSPS) is 18.4. The highest BCUT2D eigenvalue weighted by atomic mass is 15.3. The summed E-state index contributed by atoms with van der Waals surface area (Å²) < 4.78 is 0. The highest BCUT2D eigenvalue weighted by molar-refractivity contribution is 5.68. The number of nitrogens with one attached hydrogen (secondary N) is 1. The molecule has 0 spiro atoms. The van der Waals surface area contributed by atoms with Gasteiger partial charge in [0.1, 0.15) is 0 Å². The van der Waals surface area contributed by atoms with E-state index in [1.807, 2.05) is 0 Å². The minimum Gasteiger partial charge on any atom is -0.350 e. The Morgan fingerprint density at radius 2 is 2.19 bits per heavy atom. The second-order valence-electron chi connectivity index (χ2n) is 5.64. The molecule has 2 aromatic rings. The summed E-state index contributed by atoms with van der Waals surface area (Å²) in [5.74, 6) is 1.45. The number of benzene rings is 1. The fourth-order valence-electron chi connectivity index (χ4n) is 2.71. The Morgan fingerprint density at radius 1 is 1.38 bits per heavy atom. The average Bonchev–Trinajstić information content (AvgIpc) is 2.83. The van der Waals surface area contributed by atoms with Gasteiger partial charge in [-0.1, -0.05) is 25.1 Å². The van der Waals surface area contributed by atoms with E-state index in [4.69, 9.17) is 0 Å². The molecule has 21 heavy (non-hydrogen) atoms. The van der Waals surface area contributed by atoms with Crippen LogP contribution < -0.4 is 10.2 Å². The highest BCUT2D eigenvalue weighted by Crippen LogP contribution is 2.36. The molecule has 2 heterocycles. The molecular weight excluding hydrogens is 262 g/mol. The zero-order valence-corrected chi connectivity index (χ0v) is 12.7. The van der Waals surface area contributed by atoms with Gasteiger partial charge in [0.2, 0.25) is 5.95 Å². The number of anilines is 3. The Kier molecular flexibility index (Phi) is 3.73. The van der Waals surface area contributed by atoms with Gasteiger partial charge in [0.05, 0.1) is 6.20 Å². The van der Waals surface area contributed by atoms with Crippen molar-refractivity contribution < 1.29 is 0 Å². The van der Waals surface area contributed by atoms with E-state index in [1.165, 1.54) is 11.3 Å². The first-order valence-corrected chi connectivity index (χ1v) is 7.52. The van der Waals surface area contributed by atoms with Gasteiger partial charge in [0.15, 0.2) is 5.82 Å². The van der Waals surface area contributed by atoms with Gasteiger partial charge in [0.25, 0.3) is 0 Å². The minimum atomic E-state index is 0.338. The molecule has 1 N–H and O–H groups in total. The van der Waals surface area contributed by atoms with Crippen molar-refractivity contribution in [1.29, 1.82) is 0 Å². The summed E-state index contributed by atoms with van der Waals surface area (Å²) in [5, 5.41) is 11.5. The van der Waals surface area contributed by atoms with Gasteiger partial charge >= 0.3 is 0 Å². The third-order valence-electron chi connectivity index (χ3n) is 3.99. The summed E-state index contributed by atoms with van der Waals surface area (Å²) in [6.45, 7) is 6.46. The van der Waals surface area contributed by atoms with Crippen LogP contribution in [0.5, 0.6) is 0 Å². The van der Waals surface area contributed by atoms with Gasteiger partial charge in [-0.2, -0.15) is 10.1 Å². The van der Waals surface area contributed by atoms with Crippen LogP contribution in [0.15, 0.2) is 30.5 Å². The molecular formula is C16H21N5. The molecule has 1 aromatic carbocycles. The van der Waals surface area contributed by atoms with Crippen LogP contribution in [-0.2, 0) is 6.42 Å². The van der Waals surface area contributed by atoms with Crippen molar-refractivity contribution in [2.75, 3.05) is 10.2 Å². The Morgan fingerprint density at radius 3 is 3.00 bits per heavy atom. The van der Waals surface area contributed by atoms with Gasteiger partial charge in [0, 0.05) is 17.8 Å². The molecule has 0 fully saturated rings. The van der Waals surface area contributed by atoms with E-state index in [0.29, 0.717) is 18.0 Å². The molecule has 1 aliphatic rings. The number of para-hydroxylation sites is 1. The number of hydrogen-bond donors (Lipinski definition) is 1. The maximum absolute atomic E-state index is 4.63. The first-order valence-electron chi connectivity index (χ1n) is 7.52. The molecule has 0 saturated carbocycles. The van der Waals surface area contributed by atoms with Gasteiger partial charge < -0.3 is 10.2 Å². The third-order valence-corrected chi connectivity index (χ3v) is 3.99. The molecule has 1 aromatic heterocycles. The van der Waals surface area contributed by atoms with Crippen molar-refractivity contribution in [2.24, 2.45) is 0 Å². The van der Waals surface area contributed by atoms with Crippen LogP contribution in [0.1, 0.15) is 32.8 Å². The monoisotopic (exact) mass is 283 g/mol. The van der Waals surface area contributed by atoms with Crippen LogP contribution in [0.25, 0.3) is 0 Å². The molecule has 3 rings (SSSR count). The minimum absolute atomic E-state index is 0.338. The molecule has 2 unspecified atom stereocenters. The Hall–Kier alpha value is -2.17. The van der Waals surface area contributed by atoms with Gasteiger partial charge in [-0.25, -0.2) is 0 Å². The zero-order valence-electron chi connectivity index (χ0n) is 12.7. The summed E-state index contributed by atoms with van der Waals surface area (Å²) in [5.41, 5.74) is 2.58. The quantitative estimate of drug-likeness (QED) is 0.934. The van der Waals surface area contributed by atoms with E-state index in [2.05, 4.69) is 70.4 Å². The molecule has 0 aliphatic carbocycles. The Labute approximate surface area is 125 Å². The lowest BCUT2D eigenvalue weighted by Gasteiger charge is -2.23. The van der Waals surface area contributed by atoms with Gasteiger partial charge in [-0.3, -0.25) is 0 Å². The van der Waals surface area contributed by atoms with E-state index in [0.717, 1.165) is 18.7 Å². The van der Waals surface area contributed by atoms with E-state index in [1.54, 1.807) is 6.20 Å². The number of fused-ring (bicyclic) bond motifs is 1. The molecule has 0 bridgehead atoms. The topological polar surface area (TPSA) is 53.9 Å². The molecule has 0 radical (unpaired) electrons. The highest BCUT2D eigenvalue weighted by Gasteiger charge is 2.28. The van der Waals surface area contributed by atoms with Crippen molar-refractivity contribution in [1.82, 2.24) is 15.2 Å². The maximum atomic E-state index is 4.63. The first kappa shape index (κ1) is 13.8. The van der Waals surface area contributed by atoms with Crippen molar-refractivity contribution in [3.8, 4) is 0 Å². The number of hydrogen-bond acceptors (Lipinski definition) is 5. The van der Waals surface area contributed by atoms with Crippen LogP contribution in [0.3, 0.4) is 0 Å². The second-order valence-corrected chi connectivity index (χ2v) is 5.64. The first-order chi connectivity index (χ1) is 10.2. The van der Waals surface area contributed by atoms with E-state index >= 15 is 0 Å². The predicted octanol–water partition coefficient (Wildman–Crippen LogP) is 3.16. The van der Waals surface area contributed by atoms with Crippen molar-refractivity contribution in [3.05, 3.63) is 36.0 Å².